The third-order valence-corrected chi connectivity index (χ3v) is 4.16. The Bertz CT molecular complexity index is 741. The van der Waals surface area contributed by atoms with Crippen molar-refractivity contribution in [2.45, 2.75) is 0 Å². The molecule has 0 unspecified atom stereocenters. The smallest absolute Gasteiger partial charge is 0.162 e. The topological polar surface area (TPSA) is 53.9 Å². The van der Waals surface area contributed by atoms with Crippen LogP contribution in [0.5, 0.6) is 0 Å². The lowest BCUT2D eigenvalue weighted by Gasteiger charge is -2.29. The average Bonchev–Trinajstić information content (AvgIpc) is 2.70. The summed E-state index contributed by atoms with van der Waals surface area (Å²) in [5.41, 5.74) is 3.02. The van der Waals surface area contributed by atoms with Gasteiger partial charge in [-0.25, -0.2) is 9.97 Å². The highest BCUT2D eigenvalue weighted by atomic mass is 15.2. The lowest BCUT2D eigenvalue weighted by molar-refractivity contribution is 0.585. The normalized spacial score (nSPS) is 14.6. The molecule has 4 rings (SSSR count). The van der Waals surface area contributed by atoms with Crippen molar-refractivity contribution < 1.29 is 0 Å². The van der Waals surface area contributed by atoms with Crippen LogP contribution >= 0.6 is 0 Å². The Kier molecular flexibility index (Phi) is 4.16. The van der Waals surface area contributed by atoms with Gasteiger partial charge in [0.05, 0.1) is 5.69 Å². The molecule has 0 bridgehead atoms. The minimum absolute atomic E-state index is 0.762. The van der Waals surface area contributed by atoms with E-state index in [0.717, 1.165) is 54.6 Å². The van der Waals surface area contributed by atoms with Gasteiger partial charge in [-0.05, 0) is 12.1 Å². The zero-order valence-corrected chi connectivity index (χ0v) is 13.4. The van der Waals surface area contributed by atoms with Crippen LogP contribution in [0.3, 0.4) is 0 Å². The quantitative estimate of drug-likeness (QED) is 0.805. The molecule has 1 aliphatic rings. The van der Waals surface area contributed by atoms with E-state index in [0.29, 0.717) is 0 Å². The number of hydrogen-bond acceptors (Lipinski definition) is 5. The highest BCUT2D eigenvalue weighted by Gasteiger charge is 2.15. The van der Waals surface area contributed by atoms with Crippen LogP contribution in [0.2, 0.25) is 0 Å². The van der Waals surface area contributed by atoms with Crippen LogP contribution in [0.1, 0.15) is 0 Å². The van der Waals surface area contributed by atoms with Gasteiger partial charge in [-0.1, -0.05) is 30.3 Å². The van der Waals surface area contributed by atoms with Crippen LogP contribution in [0.25, 0.3) is 22.6 Å². The van der Waals surface area contributed by atoms with Gasteiger partial charge in [0.15, 0.2) is 5.82 Å². The van der Waals surface area contributed by atoms with Crippen LogP contribution in [0.15, 0.2) is 60.9 Å². The molecule has 0 aliphatic carbocycles. The summed E-state index contributed by atoms with van der Waals surface area (Å²) in [6.45, 7) is 3.88. The van der Waals surface area contributed by atoms with E-state index in [4.69, 9.17) is 9.97 Å². The third-order valence-electron chi connectivity index (χ3n) is 4.16. The Morgan fingerprint density at radius 3 is 2.33 bits per heavy atom. The van der Waals surface area contributed by atoms with Crippen molar-refractivity contribution in [1.82, 2.24) is 20.3 Å². The predicted octanol–water partition coefficient (Wildman–Crippen LogP) is 2.62. The summed E-state index contributed by atoms with van der Waals surface area (Å²) in [7, 11) is 0. The maximum absolute atomic E-state index is 4.82. The highest BCUT2D eigenvalue weighted by molar-refractivity contribution is 5.67. The Balaban J connectivity index is 1.81. The first kappa shape index (κ1) is 14.8. The predicted molar refractivity (Wildman–Crippen MR) is 95.8 cm³/mol. The Morgan fingerprint density at radius 2 is 1.58 bits per heavy atom. The van der Waals surface area contributed by atoms with E-state index >= 15 is 0 Å². The summed E-state index contributed by atoms with van der Waals surface area (Å²) in [5, 5.41) is 3.38. The molecule has 0 spiro atoms. The zero-order chi connectivity index (χ0) is 16.2. The van der Waals surface area contributed by atoms with Crippen LogP contribution in [0, 0.1) is 0 Å². The molecule has 3 aromatic rings. The first-order chi connectivity index (χ1) is 11.9. The van der Waals surface area contributed by atoms with Crippen LogP contribution in [-0.4, -0.2) is 41.1 Å². The van der Waals surface area contributed by atoms with Gasteiger partial charge < -0.3 is 10.2 Å². The third kappa shape index (κ3) is 3.12. The molecule has 5 heteroatoms. The van der Waals surface area contributed by atoms with Gasteiger partial charge in [-0.3, -0.25) is 4.98 Å². The number of anilines is 1. The van der Waals surface area contributed by atoms with Gasteiger partial charge in [0, 0.05) is 55.8 Å². The number of pyridine rings is 1. The SMILES string of the molecule is c1ccc(-c2nc(-c3ccncc3)cc(N3CCNCC3)n2)cc1. The van der Waals surface area contributed by atoms with Crippen LogP contribution in [0.4, 0.5) is 5.82 Å². The second kappa shape index (κ2) is 6.76. The van der Waals surface area contributed by atoms with Crippen molar-refractivity contribution >= 4 is 5.82 Å². The number of benzene rings is 1. The van der Waals surface area contributed by atoms with E-state index in [1.54, 1.807) is 12.4 Å². The second-order valence-electron chi connectivity index (χ2n) is 5.77. The van der Waals surface area contributed by atoms with E-state index in [9.17, 15) is 0 Å². The Morgan fingerprint density at radius 1 is 0.833 bits per heavy atom. The molecular formula is C19H19N5. The molecule has 24 heavy (non-hydrogen) atoms. The zero-order valence-electron chi connectivity index (χ0n) is 13.4. The summed E-state index contributed by atoms with van der Waals surface area (Å²) in [6, 6.07) is 16.2. The standard InChI is InChI=1S/C19H19N5/c1-2-4-16(5-3-1)19-22-17(15-6-8-20-9-7-15)14-18(23-19)24-12-10-21-11-13-24/h1-9,14,21H,10-13H2. The summed E-state index contributed by atoms with van der Waals surface area (Å²) >= 11 is 0. The van der Waals surface area contributed by atoms with Gasteiger partial charge in [0.1, 0.15) is 5.82 Å². The highest BCUT2D eigenvalue weighted by Crippen LogP contribution is 2.25. The number of piperazine rings is 1. The van der Waals surface area contributed by atoms with Crippen molar-refractivity contribution in [3.05, 3.63) is 60.9 Å². The van der Waals surface area contributed by atoms with Crippen molar-refractivity contribution in [2.75, 3.05) is 31.1 Å². The number of aromatic nitrogens is 3. The molecule has 2 aromatic heterocycles. The lowest BCUT2D eigenvalue weighted by atomic mass is 10.1. The molecule has 0 atom stereocenters. The number of nitrogens with one attached hydrogen (secondary N) is 1. The van der Waals surface area contributed by atoms with E-state index in [1.165, 1.54) is 0 Å². The van der Waals surface area contributed by atoms with E-state index in [-0.39, 0.29) is 0 Å². The molecule has 120 valence electrons. The molecule has 1 aromatic carbocycles. The van der Waals surface area contributed by atoms with Crippen LogP contribution < -0.4 is 10.2 Å². The first-order valence-corrected chi connectivity index (χ1v) is 8.21. The Labute approximate surface area is 141 Å². The maximum atomic E-state index is 4.82. The fourth-order valence-corrected chi connectivity index (χ4v) is 2.88. The molecule has 1 aliphatic heterocycles. The van der Waals surface area contributed by atoms with E-state index in [2.05, 4.69) is 21.3 Å². The average molecular weight is 317 g/mol. The van der Waals surface area contributed by atoms with Gasteiger partial charge in [0.2, 0.25) is 0 Å². The van der Waals surface area contributed by atoms with Gasteiger partial charge in [-0.2, -0.15) is 0 Å². The molecule has 5 nitrogen and oxygen atoms in total. The van der Waals surface area contributed by atoms with Crippen molar-refractivity contribution in [2.24, 2.45) is 0 Å². The first-order valence-electron chi connectivity index (χ1n) is 8.21. The summed E-state index contributed by atoms with van der Waals surface area (Å²) < 4.78 is 0. The fraction of sp³-hybridized carbons (Fsp3) is 0.211. The second-order valence-corrected chi connectivity index (χ2v) is 5.77. The number of hydrogen-bond donors (Lipinski definition) is 1. The monoisotopic (exact) mass is 317 g/mol. The minimum Gasteiger partial charge on any atom is -0.354 e. The number of rotatable bonds is 3. The van der Waals surface area contributed by atoms with E-state index < -0.39 is 0 Å². The largest absolute Gasteiger partial charge is 0.354 e. The molecule has 0 radical (unpaired) electrons. The molecule has 1 fully saturated rings. The summed E-state index contributed by atoms with van der Waals surface area (Å²) in [4.78, 5) is 16.0. The van der Waals surface area contributed by atoms with Crippen molar-refractivity contribution in [3.63, 3.8) is 0 Å². The van der Waals surface area contributed by atoms with E-state index in [1.807, 2.05) is 42.5 Å². The maximum Gasteiger partial charge on any atom is 0.162 e. The van der Waals surface area contributed by atoms with Crippen molar-refractivity contribution in [1.29, 1.82) is 0 Å². The summed E-state index contributed by atoms with van der Waals surface area (Å²) in [5.74, 6) is 1.75. The molecule has 0 amide bonds. The van der Waals surface area contributed by atoms with Crippen molar-refractivity contribution in [3.8, 4) is 22.6 Å². The summed E-state index contributed by atoms with van der Waals surface area (Å²) in [6.07, 6.45) is 3.59. The molecular weight excluding hydrogens is 298 g/mol. The minimum atomic E-state index is 0.762. The molecule has 0 saturated carbocycles. The molecule has 1 saturated heterocycles. The molecule has 1 N–H and O–H groups in total. The lowest BCUT2D eigenvalue weighted by Crippen LogP contribution is -2.44. The van der Waals surface area contributed by atoms with Gasteiger partial charge in [-0.15, -0.1) is 0 Å². The molecule has 3 heterocycles. The van der Waals surface area contributed by atoms with Gasteiger partial charge >= 0.3 is 0 Å². The fourth-order valence-electron chi connectivity index (χ4n) is 2.88. The Hall–Kier alpha value is -2.79. The van der Waals surface area contributed by atoms with Gasteiger partial charge in [0.25, 0.3) is 0 Å². The number of nitrogens with zero attached hydrogens (tertiary/aromatic N) is 4. The van der Waals surface area contributed by atoms with Crippen LogP contribution in [-0.2, 0) is 0 Å².